The summed E-state index contributed by atoms with van der Waals surface area (Å²) in [5.74, 6) is 1.64. The van der Waals surface area contributed by atoms with Crippen molar-refractivity contribution in [3.63, 3.8) is 0 Å². The van der Waals surface area contributed by atoms with E-state index in [0.717, 1.165) is 18.4 Å². The summed E-state index contributed by atoms with van der Waals surface area (Å²) in [4.78, 5) is 16.1. The number of carbonyl (C=O) groups excluding carboxylic acids is 1. The lowest BCUT2D eigenvalue weighted by atomic mass is 9.64. The second-order valence-electron chi connectivity index (χ2n) is 8.31. The highest BCUT2D eigenvalue weighted by Gasteiger charge is 2.37. The molecule has 0 atom stereocenters. The first-order valence-electron chi connectivity index (χ1n) is 8.91. The van der Waals surface area contributed by atoms with Crippen molar-refractivity contribution in [2.75, 3.05) is 26.7 Å². The van der Waals surface area contributed by atoms with E-state index in [0.29, 0.717) is 18.5 Å². The summed E-state index contributed by atoms with van der Waals surface area (Å²) in [6.07, 6.45) is 5.26. The minimum atomic E-state index is -0.340. The maximum absolute atomic E-state index is 11.8. The van der Waals surface area contributed by atoms with Crippen LogP contribution >= 0.6 is 24.0 Å². The van der Waals surface area contributed by atoms with E-state index in [1.165, 1.54) is 25.7 Å². The lowest BCUT2D eigenvalue weighted by Crippen LogP contribution is -2.48. The van der Waals surface area contributed by atoms with Gasteiger partial charge in [0.2, 0.25) is 5.91 Å². The van der Waals surface area contributed by atoms with Crippen LogP contribution in [0.1, 0.15) is 60.3 Å². The largest absolute Gasteiger partial charge is 0.356 e. The van der Waals surface area contributed by atoms with E-state index < -0.39 is 0 Å². The number of nitrogens with one attached hydrogen (secondary N) is 3. The van der Waals surface area contributed by atoms with E-state index in [1.54, 1.807) is 7.05 Å². The molecule has 5 nitrogen and oxygen atoms in total. The average Bonchev–Trinajstić information content (AvgIpc) is 2.41. The summed E-state index contributed by atoms with van der Waals surface area (Å²) in [7, 11) is 1.79. The molecule has 0 aromatic carbocycles. The highest BCUT2D eigenvalue weighted by atomic mass is 127. The summed E-state index contributed by atoms with van der Waals surface area (Å²) in [5, 5.41) is 9.68. The zero-order valence-electron chi connectivity index (χ0n) is 16.3. The molecule has 3 N–H and O–H groups in total. The third-order valence-corrected chi connectivity index (χ3v) is 4.49. The fourth-order valence-electron chi connectivity index (χ4n) is 3.11. The highest BCUT2D eigenvalue weighted by molar-refractivity contribution is 14.0. The molecule has 0 aliphatic heterocycles. The number of hydrogen-bond acceptors (Lipinski definition) is 2. The van der Waals surface area contributed by atoms with Crippen molar-refractivity contribution in [2.24, 2.45) is 21.7 Å². The van der Waals surface area contributed by atoms with E-state index in [4.69, 9.17) is 0 Å². The van der Waals surface area contributed by atoms with E-state index in [9.17, 15) is 4.79 Å². The molecule has 0 saturated heterocycles. The maximum Gasteiger partial charge on any atom is 0.225 e. The minimum absolute atomic E-state index is 0. The SMILES string of the molecule is CN=C(NCCNC(=O)C(C)(C)C)NCC1(CC(C)C)CCC1.I. The number of rotatable bonds is 7. The van der Waals surface area contributed by atoms with Gasteiger partial charge in [-0.15, -0.1) is 24.0 Å². The van der Waals surface area contributed by atoms with Crippen LogP contribution < -0.4 is 16.0 Å². The topological polar surface area (TPSA) is 65.5 Å². The smallest absolute Gasteiger partial charge is 0.225 e. The molecule has 0 unspecified atom stereocenters. The predicted molar refractivity (Wildman–Crippen MR) is 113 cm³/mol. The molecule has 0 spiro atoms. The van der Waals surface area contributed by atoms with Gasteiger partial charge in [0.05, 0.1) is 0 Å². The molecular weight excluding hydrogens is 415 g/mol. The maximum atomic E-state index is 11.8. The Morgan fingerprint density at radius 2 is 1.71 bits per heavy atom. The molecule has 24 heavy (non-hydrogen) atoms. The van der Waals surface area contributed by atoms with Crippen molar-refractivity contribution in [2.45, 2.75) is 60.3 Å². The van der Waals surface area contributed by atoms with Gasteiger partial charge in [-0.2, -0.15) is 0 Å². The number of aliphatic imine (C=N–C) groups is 1. The predicted octanol–water partition coefficient (Wildman–Crippen LogP) is 3.15. The summed E-state index contributed by atoms with van der Waals surface area (Å²) < 4.78 is 0. The van der Waals surface area contributed by atoms with Crippen LogP contribution in [0.5, 0.6) is 0 Å². The van der Waals surface area contributed by atoms with E-state index in [-0.39, 0.29) is 35.3 Å². The number of carbonyl (C=O) groups is 1. The normalized spacial score (nSPS) is 16.9. The van der Waals surface area contributed by atoms with Crippen LogP contribution in [0.3, 0.4) is 0 Å². The Hall–Kier alpha value is -0.530. The van der Waals surface area contributed by atoms with Crippen LogP contribution in [0.4, 0.5) is 0 Å². The molecule has 142 valence electrons. The summed E-state index contributed by atoms with van der Waals surface area (Å²) in [5.41, 5.74) is 0.111. The van der Waals surface area contributed by atoms with Crippen LogP contribution in [-0.2, 0) is 4.79 Å². The standard InChI is InChI=1S/C18H36N4O.HI/c1-14(2)12-18(8-7-9-18)13-22-16(19-6)21-11-10-20-15(23)17(3,4)5;/h14H,7-13H2,1-6H3,(H,20,23)(H2,19,21,22);1H. The molecule has 0 bridgehead atoms. The first kappa shape index (κ1) is 23.5. The van der Waals surface area contributed by atoms with Crippen LogP contribution in [0.2, 0.25) is 0 Å². The number of halogens is 1. The zero-order chi connectivity index (χ0) is 17.5. The van der Waals surface area contributed by atoms with Gasteiger partial charge in [0, 0.05) is 32.1 Å². The molecule has 0 aromatic heterocycles. The van der Waals surface area contributed by atoms with Gasteiger partial charge in [-0.25, -0.2) is 0 Å². The van der Waals surface area contributed by atoms with Crippen molar-refractivity contribution in [3.05, 3.63) is 0 Å². The molecule has 0 radical (unpaired) electrons. The lowest BCUT2D eigenvalue weighted by molar-refractivity contribution is -0.128. The van der Waals surface area contributed by atoms with Gasteiger partial charge >= 0.3 is 0 Å². The van der Waals surface area contributed by atoms with Gasteiger partial charge in [0.1, 0.15) is 0 Å². The Kier molecular flexibility index (Phi) is 10.2. The summed E-state index contributed by atoms with van der Waals surface area (Å²) in [6, 6.07) is 0. The Balaban J connectivity index is 0.00000529. The minimum Gasteiger partial charge on any atom is -0.356 e. The van der Waals surface area contributed by atoms with Crippen LogP contribution in [-0.4, -0.2) is 38.5 Å². The second-order valence-corrected chi connectivity index (χ2v) is 8.31. The van der Waals surface area contributed by atoms with Crippen molar-refractivity contribution >= 4 is 35.8 Å². The van der Waals surface area contributed by atoms with Gasteiger partial charge in [0.25, 0.3) is 0 Å². The monoisotopic (exact) mass is 452 g/mol. The Labute approximate surface area is 165 Å². The zero-order valence-corrected chi connectivity index (χ0v) is 18.6. The fraction of sp³-hybridized carbons (Fsp3) is 0.889. The molecule has 1 aliphatic rings. The lowest BCUT2D eigenvalue weighted by Gasteiger charge is -2.43. The van der Waals surface area contributed by atoms with Gasteiger partial charge in [-0.3, -0.25) is 9.79 Å². The Bertz CT molecular complexity index is 412. The molecule has 1 rings (SSSR count). The molecule has 0 aromatic rings. The highest BCUT2D eigenvalue weighted by Crippen LogP contribution is 2.45. The fourth-order valence-corrected chi connectivity index (χ4v) is 3.11. The molecule has 1 aliphatic carbocycles. The van der Waals surface area contributed by atoms with Crippen molar-refractivity contribution < 1.29 is 4.79 Å². The number of nitrogens with zero attached hydrogens (tertiary/aromatic N) is 1. The van der Waals surface area contributed by atoms with Crippen molar-refractivity contribution in [1.82, 2.24) is 16.0 Å². The Morgan fingerprint density at radius 1 is 1.12 bits per heavy atom. The van der Waals surface area contributed by atoms with Gasteiger partial charge < -0.3 is 16.0 Å². The average molecular weight is 452 g/mol. The van der Waals surface area contributed by atoms with Crippen LogP contribution in [0.15, 0.2) is 4.99 Å². The van der Waals surface area contributed by atoms with E-state index in [1.807, 2.05) is 20.8 Å². The van der Waals surface area contributed by atoms with Gasteiger partial charge in [-0.05, 0) is 30.6 Å². The molecule has 0 heterocycles. The summed E-state index contributed by atoms with van der Waals surface area (Å²) >= 11 is 0. The molecular formula is C18H37IN4O. The molecule has 1 fully saturated rings. The quantitative estimate of drug-likeness (QED) is 0.241. The van der Waals surface area contributed by atoms with Gasteiger partial charge in [0.15, 0.2) is 5.96 Å². The van der Waals surface area contributed by atoms with Crippen LogP contribution in [0.25, 0.3) is 0 Å². The molecule has 1 amide bonds. The third-order valence-electron chi connectivity index (χ3n) is 4.49. The van der Waals surface area contributed by atoms with E-state index in [2.05, 4.69) is 34.8 Å². The third kappa shape index (κ3) is 8.03. The summed E-state index contributed by atoms with van der Waals surface area (Å²) in [6.45, 7) is 12.6. The van der Waals surface area contributed by atoms with Crippen molar-refractivity contribution in [3.8, 4) is 0 Å². The first-order chi connectivity index (χ1) is 10.7. The van der Waals surface area contributed by atoms with E-state index >= 15 is 0 Å². The van der Waals surface area contributed by atoms with Gasteiger partial charge in [-0.1, -0.05) is 41.0 Å². The second kappa shape index (κ2) is 10.5. The number of guanidine groups is 1. The molecule has 6 heteroatoms. The Morgan fingerprint density at radius 3 is 2.12 bits per heavy atom. The van der Waals surface area contributed by atoms with Crippen molar-refractivity contribution in [1.29, 1.82) is 0 Å². The number of amides is 1. The molecule has 1 saturated carbocycles. The first-order valence-corrected chi connectivity index (χ1v) is 8.91. The van der Waals surface area contributed by atoms with Crippen LogP contribution in [0, 0.1) is 16.7 Å². The number of hydrogen-bond donors (Lipinski definition) is 3.